The number of nitrogens with zero attached hydrogens (tertiary/aromatic N) is 1. The van der Waals surface area contributed by atoms with Crippen LogP contribution in [0, 0.1) is 29.1 Å². The van der Waals surface area contributed by atoms with E-state index in [1.807, 2.05) is 36.5 Å². The van der Waals surface area contributed by atoms with Gasteiger partial charge in [-0.1, -0.05) is 62.8 Å². The molecule has 3 aliphatic rings. The lowest BCUT2D eigenvalue weighted by atomic mass is 9.59. The van der Waals surface area contributed by atoms with Crippen molar-refractivity contribution in [1.82, 2.24) is 10.7 Å². The van der Waals surface area contributed by atoms with Crippen LogP contribution in [0.4, 0.5) is 0 Å². The molecule has 1 heterocycles. The zero-order valence-electron chi connectivity index (χ0n) is 18.2. The van der Waals surface area contributed by atoms with E-state index in [2.05, 4.69) is 42.7 Å². The van der Waals surface area contributed by atoms with E-state index in [4.69, 9.17) is 0 Å². The Bertz CT molecular complexity index is 858. The highest BCUT2D eigenvalue weighted by Gasteiger charge is 2.42. The number of nitrogens with one attached hydrogen (secondary N) is 2. The van der Waals surface area contributed by atoms with Crippen LogP contribution in [-0.4, -0.2) is 24.6 Å². The summed E-state index contributed by atoms with van der Waals surface area (Å²) in [4.78, 5) is 25.1. The molecule has 0 aromatic heterocycles. The second kappa shape index (κ2) is 8.37. The van der Waals surface area contributed by atoms with Gasteiger partial charge in [0, 0.05) is 18.7 Å². The molecule has 1 aromatic carbocycles. The molecule has 30 heavy (non-hydrogen) atoms. The van der Waals surface area contributed by atoms with Crippen LogP contribution in [0.2, 0.25) is 0 Å². The Kier molecular flexibility index (Phi) is 5.81. The maximum absolute atomic E-state index is 12.8. The minimum Gasteiger partial charge on any atom is -0.355 e. The summed E-state index contributed by atoms with van der Waals surface area (Å²) in [5, 5.41) is 7.14. The van der Waals surface area contributed by atoms with Crippen molar-refractivity contribution < 1.29 is 9.59 Å². The lowest BCUT2D eigenvalue weighted by Gasteiger charge is -2.46. The first-order valence-electron chi connectivity index (χ1n) is 11.2. The Morgan fingerprint density at radius 2 is 2.03 bits per heavy atom. The number of hydrogen-bond acceptors (Lipinski definition) is 3. The highest BCUT2D eigenvalue weighted by molar-refractivity contribution is 6.03. The van der Waals surface area contributed by atoms with E-state index in [1.165, 1.54) is 12.8 Å². The van der Waals surface area contributed by atoms with E-state index in [1.54, 1.807) is 5.57 Å². The van der Waals surface area contributed by atoms with E-state index >= 15 is 0 Å². The SMILES string of the molecule is C[C@@H]1CC2=CCCC(C)(C)[C@@H]2C[C@@H]1C=NNC(=O)[C@H]1C(=O)NC[C@H]1c1ccccc1. The third-order valence-corrected chi connectivity index (χ3v) is 7.51. The summed E-state index contributed by atoms with van der Waals surface area (Å²) < 4.78 is 0. The molecular formula is C25H33N3O2. The van der Waals surface area contributed by atoms with Crippen LogP contribution in [0.5, 0.6) is 0 Å². The van der Waals surface area contributed by atoms with Crippen molar-refractivity contribution in [3.05, 3.63) is 47.5 Å². The molecule has 1 aromatic rings. The maximum atomic E-state index is 12.8. The topological polar surface area (TPSA) is 70.6 Å². The number of carbonyl (C=O) groups excluding carboxylic acids is 2. The molecule has 160 valence electrons. The summed E-state index contributed by atoms with van der Waals surface area (Å²) >= 11 is 0. The number of amides is 2. The Morgan fingerprint density at radius 3 is 2.80 bits per heavy atom. The maximum Gasteiger partial charge on any atom is 0.253 e. The zero-order chi connectivity index (χ0) is 21.3. The highest BCUT2D eigenvalue weighted by Crippen LogP contribution is 2.50. The molecule has 5 heteroatoms. The molecule has 5 atom stereocenters. The van der Waals surface area contributed by atoms with Crippen molar-refractivity contribution in [3.63, 3.8) is 0 Å². The van der Waals surface area contributed by atoms with E-state index in [0.717, 1.165) is 18.4 Å². The summed E-state index contributed by atoms with van der Waals surface area (Å²) in [5.74, 6) is 0.00979. The second-order valence-corrected chi connectivity index (χ2v) is 9.93. The summed E-state index contributed by atoms with van der Waals surface area (Å²) in [6, 6.07) is 9.74. The third kappa shape index (κ3) is 4.07. The number of carbonyl (C=O) groups is 2. The van der Waals surface area contributed by atoms with Gasteiger partial charge in [-0.3, -0.25) is 9.59 Å². The molecule has 4 rings (SSSR count). The summed E-state index contributed by atoms with van der Waals surface area (Å²) in [7, 11) is 0. The van der Waals surface area contributed by atoms with Crippen molar-refractivity contribution >= 4 is 18.0 Å². The standard InChI is InChI=1S/C25H33N3O2/c1-16-12-18-10-7-11-25(2,3)21(18)13-19(16)14-27-28-24(30)22-20(15-26-23(22)29)17-8-5-4-6-9-17/h4-6,8-10,14,16,19-22H,7,11-13,15H2,1-3H3,(H,26,29)(H,28,30)/t16-,19-,20+,21-,22-/m1/s1. The van der Waals surface area contributed by atoms with Crippen molar-refractivity contribution in [2.45, 2.75) is 52.4 Å². The van der Waals surface area contributed by atoms with Gasteiger partial charge in [0.05, 0.1) is 0 Å². The van der Waals surface area contributed by atoms with Gasteiger partial charge in [0.25, 0.3) is 5.91 Å². The van der Waals surface area contributed by atoms with Gasteiger partial charge < -0.3 is 5.32 Å². The van der Waals surface area contributed by atoms with Crippen LogP contribution in [0.15, 0.2) is 47.1 Å². The average Bonchev–Trinajstić information content (AvgIpc) is 3.10. The van der Waals surface area contributed by atoms with E-state index in [-0.39, 0.29) is 17.7 Å². The molecule has 5 nitrogen and oxygen atoms in total. The van der Waals surface area contributed by atoms with Crippen molar-refractivity contribution in [2.75, 3.05) is 6.54 Å². The van der Waals surface area contributed by atoms with Gasteiger partial charge in [-0.15, -0.1) is 0 Å². The zero-order valence-corrected chi connectivity index (χ0v) is 18.2. The molecule has 0 unspecified atom stereocenters. The van der Waals surface area contributed by atoms with Crippen LogP contribution in [0.25, 0.3) is 0 Å². The smallest absolute Gasteiger partial charge is 0.253 e. The minimum absolute atomic E-state index is 0.154. The van der Waals surface area contributed by atoms with Crippen molar-refractivity contribution in [3.8, 4) is 0 Å². The predicted octanol–water partition coefficient (Wildman–Crippen LogP) is 4.03. The van der Waals surface area contributed by atoms with E-state index in [0.29, 0.717) is 29.7 Å². The Morgan fingerprint density at radius 1 is 1.27 bits per heavy atom. The first kappa shape index (κ1) is 20.8. The number of benzene rings is 1. The van der Waals surface area contributed by atoms with Gasteiger partial charge in [-0.25, -0.2) is 5.43 Å². The molecule has 1 aliphatic heterocycles. The summed E-state index contributed by atoms with van der Waals surface area (Å²) in [6.45, 7) is 7.50. The first-order valence-corrected chi connectivity index (χ1v) is 11.2. The van der Waals surface area contributed by atoms with Gasteiger partial charge in [0.2, 0.25) is 5.91 Å². The largest absolute Gasteiger partial charge is 0.355 e. The van der Waals surface area contributed by atoms with Crippen molar-refractivity contribution in [2.24, 2.45) is 34.2 Å². The normalized spacial score (nSPS) is 33.0. The fourth-order valence-corrected chi connectivity index (χ4v) is 5.58. The number of allylic oxidation sites excluding steroid dienone is 2. The van der Waals surface area contributed by atoms with Gasteiger partial charge in [-0.2, -0.15) is 5.10 Å². The summed E-state index contributed by atoms with van der Waals surface area (Å²) in [5.41, 5.74) is 5.61. The lowest BCUT2D eigenvalue weighted by Crippen LogP contribution is -2.38. The Hall–Kier alpha value is -2.43. The molecule has 0 radical (unpaired) electrons. The monoisotopic (exact) mass is 407 g/mol. The number of rotatable bonds is 4. The number of hydrogen-bond donors (Lipinski definition) is 2. The fraction of sp³-hybridized carbons (Fsp3) is 0.560. The molecule has 2 N–H and O–H groups in total. The number of hydrazone groups is 1. The van der Waals surface area contributed by atoms with Crippen molar-refractivity contribution in [1.29, 1.82) is 0 Å². The average molecular weight is 408 g/mol. The second-order valence-electron chi connectivity index (χ2n) is 9.93. The van der Waals surface area contributed by atoms with Crippen LogP contribution in [0.3, 0.4) is 0 Å². The van der Waals surface area contributed by atoms with Crippen LogP contribution < -0.4 is 10.7 Å². The van der Waals surface area contributed by atoms with E-state index < -0.39 is 5.92 Å². The Labute approximate surface area is 179 Å². The van der Waals surface area contributed by atoms with Gasteiger partial charge in [0.1, 0.15) is 5.92 Å². The van der Waals surface area contributed by atoms with E-state index in [9.17, 15) is 9.59 Å². The Balaban J connectivity index is 1.41. The molecule has 2 fully saturated rings. The molecule has 2 aliphatic carbocycles. The van der Waals surface area contributed by atoms with Crippen LogP contribution >= 0.6 is 0 Å². The van der Waals surface area contributed by atoms with Gasteiger partial charge in [-0.05, 0) is 54.4 Å². The molecule has 1 saturated carbocycles. The molecule has 2 amide bonds. The highest BCUT2D eigenvalue weighted by atomic mass is 16.2. The van der Waals surface area contributed by atoms with Crippen LogP contribution in [-0.2, 0) is 9.59 Å². The van der Waals surface area contributed by atoms with Crippen LogP contribution in [0.1, 0.15) is 57.9 Å². The summed E-state index contributed by atoms with van der Waals surface area (Å²) in [6.07, 6.45) is 8.97. The minimum atomic E-state index is -0.736. The fourth-order valence-electron chi connectivity index (χ4n) is 5.58. The lowest BCUT2D eigenvalue weighted by molar-refractivity contribution is -0.133. The third-order valence-electron chi connectivity index (χ3n) is 7.51. The predicted molar refractivity (Wildman–Crippen MR) is 119 cm³/mol. The molecule has 1 saturated heterocycles. The molecule has 0 bridgehead atoms. The molecule has 0 spiro atoms. The first-order chi connectivity index (χ1) is 14.4. The number of fused-ring (bicyclic) bond motifs is 1. The van der Waals surface area contributed by atoms with Gasteiger partial charge >= 0.3 is 0 Å². The molecular weight excluding hydrogens is 374 g/mol. The van der Waals surface area contributed by atoms with Gasteiger partial charge in [0.15, 0.2) is 0 Å². The quantitative estimate of drug-likeness (QED) is 0.342.